The molecule has 0 atom stereocenters. The highest BCUT2D eigenvalue weighted by molar-refractivity contribution is 7.10. The minimum Gasteiger partial charge on any atom is -0.383 e. The SMILES string of the molecule is Cc1c(N)nsc1NCC(C(C)C)C(C)C. The van der Waals surface area contributed by atoms with Crippen molar-refractivity contribution in [2.45, 2.75) is 34.6 Å². The van der Waals surface area contributed by atoms with Gasteiger partial charge >= 0.3 is 0 Å². The molecule has 0 unspecified atom stereocenters. The second-order valence-corrected chi connectivity index (χ2v) is 5.83. The Hall–Kier alpha value is -0.770. The Morgan fingerprint density at radius 2 is 1.81 bits per heavy atom. The molecule has 1 rings (SSSR count). The van der Waals surface area contributed by atoms with Crippen molar-refractivity contribution in [3.8, 4) is 0 Å². The first kappa shape index (κ1) is 13.3. The molecule has 1 heterocycles. The minimum atomic E-state index is 0.651. The van der Waals surface area contributed by atoms with Crippen LogP contribution in [-0.4, -0.2) is 10.9 Å². The third kappa shape index (κ3) is 3.11. The van der Waals surface area contributed by atoms with Crippen molar-refractivity contribution in [3.05, 3.63) is 5.56 Å². The summed E-state index contributed by atoms with van der Waals surface area (Å²) in [7, 11) is 0. The average molecular weight is 241 g/mol. The van der Waals surface area contributed by atoms with Gasteiger partial charge in [0.15, 0.2) is 0 Å². The lowest BCUT2D eigenvalue weighted by Gasteiger charge is -2.25. The molecule has 3 N–H and O–H groups in total. The summed E-state index contributed by atoms with van der Waals surface area (Å²) in [5.74, 6) is 2.72. The van der Waals surface area contributed by atoms with Gasteiger partial charge in [0.2, 0.25) is 0 Å². The standard InChI is InChI=1S/C12H23N3S/c1-7(2)10(8(3)4)6-14-12-9(5)11(13)15-16-12/h7-8,10,14H,6H2,1-5H3,(H2,13,15). The van der Waals surface area contributed by atoms with Crippen LogP contribution in [0.2, 0.25) is 0 Å². The van der Waals surface area contributed by atoms with Crippen molar-refractivity contribution in [3.63, 3.8) is 0 Å². The lowest BCUT2D eigenvalue weighted by atomic mass is 9.85. The fourth-order valence-corrected chi connectivity index (χ4v) is 2.68. The van der Waals surface area contributed by atoms with E-state index in [2.05, 4.69) is 37.4 Å². The first-order valence-electron chi connectivity index (χ1n) is 5.89. The smallest absolute Gasteiger partial charge is 0.142 e. The summed E-state index contributed by atoms with van der Waals surface area (Å²) < 4.78 is 4.14. The molecule has 0 saturated heterocycles. The Balaban J connectivity index is 2.59. The highest BCUT2D eigenvalue weighted by atomic mass is 32.1. The van der Waals surface area contributed by atoms with Crippen molar-refractivity contribution in [1.29, 1.82) is 0 Å². The number of nitrogens with zero attached hydrogens (tertiary/aromatic N) is 1. The molecule has 0 aromatic carbocycles. The number of nitrogen functional groups attached to an aromatic ring is 1. The van der Waals surface area contributed by atoms with E-state index in [0.29, 0.717) is 23.6 Å². The van der Waals surface area contributed by atoms with E-state index in [1.165, 1.54) is 11.5 Å². The largest absolute Gasteiger partial charge is 0.383 e. The first-order chi connectivity index (χ1) is 7.43. The average Bonchev–Trinajstić information content (AvgIpc) is 2.48. The Kier molecular flexibility index (Phi) is 4.59. The molecule has 0 saturated carbocycles. The zero-order valence-corrected chi connectivity index (χ0v) is 11.7. The lowest BCUT2D eigenvalue weighted by molar-refractivity contribution is 0.304. The second-order valence-electron chi connectivity index (χ2n) is 5.05. The van der Waals surface area contributed by atoms with Crippen LogP contribution < -0.4 is 11.1 Å². The molecule has 0 aliphatic rings. The van der Waals surface area contributed by atoms with E-state index in [-0.39, 0.29) is 0 Å². The molecule has 16 heavy (non-hydrogen) atoms. The van der Waals surface area contributed by atoms with Crippen LogP contribution in [0.15, 0.2) is 0 Å². The van der Waals surface area contributed by atoms with Crippen molar-refractivity contribution in [1.82, 2.24) is 4.37 Å². The van der Waals surface area contributed by atoms with Gasteiger partial charge in [-0.25, -0.2) is 0 Å². The molecule has 0 fully saturated rings. The molecule has 4 heteroatoms. The van der Waals surface area contributed by atoms with Crippen LogP contribution in [0.1, 0.15) is 33.3 Å². The Morgan fingerprint density at radius 1 is 1.25 bits per heavy atom. The number of hydrogen-bond acceptors (Lipinski definition) is 4. The van der Waals surface area contributed by atoms with Gasteiger partial charge in [-0.2, -0.15) is 4.37 Å². The third-order valence-electron chi connectivity index (χ3n) is 3.17. The Bertz CT molecular complexity index is 323. The van der Waals surface area contributed by atoms with E-state index >= 15 is 0 Å². The zero-order valence-electron chi connectivity index (χ0n) is 10.9. The van der Waals surface area contributed by atoms with Crippen LogP contribution in [0.5, 0.6) is 0 Å². The van der Waals surface area contributed by atoms with Gasteiger partial charge in [-0.1, -0.05) is 27.7 Å². The third-order valence-corrected chi connectivity index (χ3v) is 4.09. The molecular formula is C12H23N3S. The van der Waals surface area contributed by atoms with E-state index in [0.717, 1.165) is 17.1 Å². The van der Waals surface area contributed by atoms with Crippen LogP contribution >= 0.6 is 11.5 Å². The molecule has 92 valence electrons. The summed E-state index contributed by atoms with van der Waals surface area (Å²) >= 11 is 1.46. The van der Waals surface area contributed by atoms with Crippen molar-refractivity contribution < 1.29 is 0 Å². The van der Waals surface area contributed by atoms with Gasteiger partial charge in [0, 0.05) is 12.1 Å². The molecule has 1 aromatic heterocycles. The van der Waals surface area contributed by atoms with E-state index in [1.807, 2.05) is 6.92 Å². The first-order valence-corrected chi connectivity index (χ1v) is 6.66. The Morgan fingerprint density at radius 3 is 2.19 bits per heavy atom. The maximum Gasteiger partial charge on any atom is 0.142 e. The van der Waals surface area contributed by atoms with Gasteiger partial charge in [-0.05, 0) is 36.2 Å². The predicted octanol–water partition coefficient (Wildman–Crippen LogP) is 3.37. The summed E-state index contributed by atoms with van der Waals surface area (Å²) in [6, 6.07) is 0. The van der Waals surface area contributed by atoms with Crippen LogP contribution in [-0.2, 0) is 0 Å². The maximum absolute atomic E-state index is 5.73. The summed E-state index contributed by atoms with van der Waals surface area (Å²) in [5, 5.41) is 4.59. The van der Waals surface area contributed by atoms with Gasteiger partial charge < -0.3 is 11.1 Å². The molecule has 1 aromatic rings. The Labute approximate surface area is 103 Å². The highest BCUT2D eigenvalue weighted by Crippen LogP contribution is 2.27. The monoisotopic (exact) mass is 241 g/mol. The molecule has 3 nitrogen and oxygen atoms in total. The summed E-state index contributed by atoms with van der Waals surface area (Å²) in [6.07, 6.45) is 0. The van der Waals surface area contributed by atoms with Gasteiger partial charge in [-0.15, -0.1) is 0 Å². The van der Waals surface area contributed by atoms with Gasteiger partial charge in [0.25, 0.3) is 0 Å². The number of rotatable bonds is 5. The molecule has 0 amide bonds. The number of hydrogen-bond donors (Lipinski definition) is 2. The second kappa shape index (κ2) is 5.53. The topological polar surface area (TPSA) is 50.9 Å². The zero-order chi connectivity index (χ0) is 12.3. The van der Waals surface area contributed by atoms with E-state index in [1.54, 1.807) is 0 Å². The van der Waals surface area contributed by atoms with Crippen LogP contribution in [0.4, 0.5) is 10.8 Å². The highest BCUT2D eigenvalue weighted by Gasteiger charge is 2.18. The summed E-state index contributed by atoms with van der Waals surface area (Å²) in [4.78, 5) is 0. The quantitative estimate of drug-likeness (QED) is 0.831. The number of nitrogens with two attached hydrogens (primary N) is 1. The molecule has 0 bridgehead atoms. The normalized spacial score (nSPS) is 11.8. The molecule has 0 aliphatic carbocycles. The van der Waals surface area contributed by atoms with Crippen LogP contribution in [0.3, 0.4) is 0 Å². The van der Waals surface area contributed by atoms with E-state index in [9.17, 15) is 0 Å². The van der Waals surface area contributed by atoms with Gasteiger partial charge in [-0.3, -0.25) is 0 Å². The fraction of sp³-hybridized carbons (Fsp3) is 0.750. The molecule has 0 spiro atoms. The molecule has 0 aliphatic heterocycles. The lowest BCUT2D eigenvalue weighted by Crippen LogP contribution is -2.24. The van der Waals surface area contributed by atoms with Crippen LogP contribution in [0, 0.1) is 24.7 Å². The van der Waals surface area contributed by atoms with Gasteiger partial charge in [0.1, 0.15) is 10.8 Å². The maximum atomic E-state index is 5.73. The van der Waals surface area contributed by atoms with E-state index in [4.69, 9.17) is 5.73 Å². The summed E-state index contributed by atoms with van der Waals surface area (Å²) in [5.41, 5.74) is 6.81. The fourth-order valence-electron chi connectivity index (χ4n) is 1.96. The summed E-state index contributed by atoms with van der Waals surface area (Å²) in [6.45, 7) is 12.1. The minimum absolute atomic E-state index is 0.651. The van der Waals surface area contributed by atoms with Crippen molar-refractivity contribution in [2.75, 3.05) is 17.6 Å². The van der Waals surface area contributed by atoms with Crippen molar-refractivity contribution in [2.24, 2.45) is 17.8 Å². The molecular weight excluding hydrogens is 218 g/mol. The predicted molar refractivity (Wildman–Crippen MR) is 72.9 cm³/mol. The van der Waals surface area contributed by atoms with Gasteiger partial charge in [0.05, 0.1) is 0 Å². The van der Waals surface area contributed by atoms with Crippen molar-refractivity contribution >= 4 is 22.4 Å². The molecule has 0 radical (unpaired) electrons. The van der Waals surface area contributed by atoms with Crippen LogP contribution in [0.25, 0.3) is 0 Å². The van der Waals surface area contributed by atoms with E-state index < -0.39 is 0 Å². The number of aromatic nitrogens is 1. The number of nitrogens with one attached hydrogen (secondary N) is 1. The number of anilines is 2.